The molecule has 4 fully saturated rings. The maximum atomic E-state index is 13.5. The fourth-order valence-electron chi connectivity index (χ4n) is 10.4. The number of benzene rings is 4. The summed E-state index contributed by atoms with van der Waals surface area (Å²) in [5, 5.41) is 8.26. The number of hydrogen-bond donors (Lipinski definition) is 3. The summed E-state index contributed by atoms with van der Waals surface area (Å²) in [6.07, 6.45) is -11.5. The number of ketones is 1. The van der Waals surface area contributed by atoms with E-state index >= 15 is 0 Å². The van der Waals surface area contributed by atoms with Crippen LogP contribution in [0.15, 0.2) is 94.7 Å². The van der Waals surface area contributed by atoms with Gasteiger partial charge in [-0.1, -0.05) is 0 Å². The molecule has 4 aromatic rings. The number of rotatable bonds is 16. The van der Waals surface area contributed by atoms with Gasteiger partial charge in [0.15, 0.2) is 19.7 Å². The first-order valence-electron chi connectivity index (χ1n) is 27.7. The third-order valence-corrected chi connectivity index (χ3v) is 17.4. The van der Waals surface area contributed by atoms with E-state index in [0.29, 0.717) is 64.0 Å². The SMILES string of the molecule is CS(=O)(=O)c1ccc(NC2CCN(C(=O)CCCN3CCN(c4ccc(C(F)(F)F)cc4)CC3)CC2)cc1C(F)(F)F.CS(=O)(=O)c1ccc(NC2CC[NH2+]CC2)cc1C(F)(F)F.[CH2-]C(=O)CCCN1CCN(c2ccc(C(F)(F)F)cc2)CC1.[Cl-].[Li+]. The maximum Gasteiger partial charge on any atom is 1.00 e. The predicted molar refractivity (Wildman–Crippen MR) is 300 cm³/mol. The van der Waals surface area contributed by atoms with Crippen LogP contribution < -0.4 is 57.0 Å². The first-order chi connectivity index (χ1) is 39.6. The van der Waals surface area contributed by atoms with Crippen molar-refractivity contribution in [2.45, 2.75) is 97.9 Å². The van der Waals surface area contributed by atoms with Gasteiger partial charge < -0.3 is 54.8 Å². The van der Waals surface area contributed by atoms with Gasteiger partial charge in [0.1, 0.15) is 0 Å². The summed E-state index contributed by atoms with van der Waals surface area (Å²) >= 11 is 0. The number of carbonyl (C=O) groups excluding carboxylic acids is 2. The van der Waals surface area contributed by atoms with Gasteiger partial charge in [0, 0.05) is 132 Å². The Labute approximate surface area is 518 Å². The zero-order chi connectivity index (χ0) is 62.5. The fraction of sp³-hybridized carbons (Fsp3) is 0.526. The Bertz CT molecular complexity index is 3060. The molecule has 4 aliphatic rings. The van der Waals surface area contributed by atoms with E-state index in [-0.39, 0.29) is 60.7 Å². The molecule has 0 unspecified atom stereocenters. The summed E-state index contributed by atoms with van der Waals surface area (Å²) in [6.45, 7) is 13.9. The van der Waals surface area contributed by atoms with Gasteiger partial charge in [0.05, 0.1) is 45.1 Å². The van der Waals surface area contributed by atoms with Crippen LogP contribution in [0.4, 0.5) is 75.4 Å². The first-order valence-corrected chi connectivity index (χ1v) is 31.5. The third-order valence-electron chi connectivity index (χ3n) is 15.1. The Morgan fingerprint density at radius 3 is 1.21 bits per heavy atom. The predicted octanol–water partition coefficient (Wildman–Crippen LogP) is 3.40. The first kappa shape index (κ1) is 74.4. The van der Waals surface area contributed by atoms with Gasteiger partial charge in [-0.15, -0.1) is 0 Å². The number of amides is 1. The fourth-order valence-corrected chi connectivity index (χ4v) is 12.2. The summed E-state index contributed by atoms with van der Waals surface area (Å²) < 4.78 is 202. The second-order valence-corrected chi connectivity index (χ2v) is 25.5. The van der Waals surface area contributed by atoms with Gasteiger partial charge in [-0.2, -0.15) is 52.7 Å². The molecule has 8 rings (SSSR count). The number of alkyl halides is 12. The van der Waals surface area contributed by atoms with Gasteiger partial charge in [-0.05, 0) is 136 Å². The molecule has 0 spiro atoms. The molecule has 480 valence electrons. The summed E-state index contributed by atoms with van der Waals surface area (Å²) in [5.74, 6) is -0.0166. The third kappa shape index (κ3) is 23.3. The quantitative estimate of drug-likeness (QED) is 0.0855. The molecule has 14 nitrogen and oxygen atoms in total. The number of hydrogen-bond acceptors (Lipinski definition) is 12. The van der Waals surface area contributed by atoms with Crippen LogP contribution >= 0.6 is 0 Å². The van der Waals surface area contributed by atoms with Crippen molar-refractivity contribution in [3.8, 4) is 0 Å². The molecule has 0 atom stereocenters. The minimum atomic E-state index is -4.81. The molecule has 4 aromatic carbocycles. The van der Waals surface area contributed by atoms with E-state index in [1.165, 1.54) is 36.4 Å². The summed E-state index contributed by atoms with van der Waals surface area (Å²) in [7, 11) is -7.97. The Morgan fingerprint density at radius 2 is 0.874 bits per heavy atom. The van der Waals surface area contributed by atoms with Crippen LogP contribution in [0.3, 0.4) is 0 Å². The van der Waals surface area contributed by atoms with E-state index in [1.807, 2.05) is 4.90 Å². The van der Waals surface area contributed by atoms with Crippen LogP contribution in [0.1, 0.15) is 73.6 Å². The monoisotopic (exact) mass is 1300 g/mol. The number of nitrogens with two attached hydrogens (primary N) is 1. The number of Topliss-reactive ketones (excluding diaryl/α,β-unsaturated/α-hetero) is 1. The molecular formula is C57H72ClF12LiN8O6S2. The molecule has 0 aromatic heterocycles. The van der Waals surface area contributed by atoms with E-state index in [1.54, 1.807) is 4.90 Å². The second-order valence-electron chi connectivity index (χ2n) is 21.5. The van der Waals surface area contributed by atoms with Crippen LogP contribution in [0, 0.1) is 6.92 Å². The molecule has 1 amide bonds. The van der Waals surface area contributed by atoms with Crippen LogP contribution in [-0.4, -0.2) is 159 Å². The van der Waals surface area contributed by atoms with Crippen LogP contribution in [0.2, 0.25) is 0 Å². The van der Waals surface area contributed by atoms with Gasteiger partial charge in [0.25, 0.3) is 0 Å². The molecule has 4 saturated heterocycles. The topological polar surface area (TPSA) is 159 Å². The molecule has 4 aliphatic heterocycles. The van der Waals surface area contributed by atoms with Gasteiger partial charge in [-0.3, -0.25) is 14.6 Å². The number of nitrogens with zero attached hydrogens (tertiary/aromatic N) is 5. The molecule has 0 bridgehead atoms. The average Bonchev–Trinajstić information content (AvgIpc) is 1.31. The Hall–Kier alpha value is -5.08. The number of quaternary nitrogens is 1. The number of piperidine rings is 2. The van der Waals surface area contributed by atoms with Crippen molar-refractivity contribution in [2.24, 2.45) is 0 Å². The van der Waals surface area contributed by atoms with E-state index in [0.717, 1.165) is 157 Å². The Balaban J connectivity index is 0.000000304. The number of nitrogens with one attached hydrogen (secondary N) is 2. The van der Waals surface area contributed by atoms with Crippen LogP contribution in [-0.2, 0) is 54.0 Å². The average molecular weight is 1300 g/mol. The van der Waals surface area contributed by atoms with Crippen molar-refractivity contribution in [1.29, 1.82) is 0 Å². The van der Waals surface area contributed by atoms with Crippen LogP contribution in [0.5, 0.6) is 0 Å². The molecule has 0 aliphatic carbocycles. The molecule has 4 heterocycles. The summed E-state index contributed by atoms with van der Waals surface area (Å²) in [6, 6.07) is 16.9. The van der Waals surface area contributed by atoms with E-state index in [4.69, 9.17) is 0 Å². The van der Waals surface area contributed by atoms with Crippen molar-refractivity contribution >= 4 is 54.1 Å². The normalized spacial score (nSPS) is 17.1. The second kappa shape index (κ2) is 32.1. The van der Waals surface area contributed by atoms with Gasteiger partial charge in [0.2, 0.25) is 5.91 Å². The van der Waals surface area contributed by atoms with Crippen molar-refractivity contribution in [1.82, 2.24) is 14.7 Å². The number of sulfone groups is 2. The number of likely N-dealkylation sites (tertiary alicyclic amines) is 1. The van der Waals surface area contributed by atoms with Crippen molar-refractivity contribution in [2.75, 3.05) is 125 Å². The zero-order valence-corrected chi connectivity index (χ0v) is 50.9. The van der Waals surface area contributed by atoms with E-state index < -0.39 is 76.4 Å². The molecule has 30 heteroatoms. The Morgan fingerprint density at radius 1 is 0.517 bits per heavy atom. The smallest absolute Gasteiger partial charge is 1.00 e. The zero-order valence-electron chi connectivity index (χ0n) is 48.5. The van der Waals surface area contributed by atoms with Gasteiger partial charge in [-0.25, -0.2) is 16.8 Å². The summed E-state index contributed by atoms with van der Waals surface area (Å²) in [5.41, 5.74) is -1.55. The Kier molecular flexibility index (Phi) is 27.4. The summed E-state index contributed by atoms with van der Waals surface area (Å²) in [4.78, 5) is 32.5. The minimum Gasteiger partial charge on any atom is -1.00 e. The number of carbonyl (C=O) groups is 2. The standard InChI is InChI=1S/C28H34F6N4O3S.C16H20F3N2O.C13H17F3N2O2S.ClH.Li/c1-42(40,41)25-9-6-22(19-24(25)28(32,33)34)35-21-10-13-38(14-11-21)26(39)3-2-12-36-15-17-37(18-16-36)23-7-4-20(5-8-23)27(29,30)31;1-13(22)3-2-8-20-9-11-21(12-10-20)15-6-4-14(5-7-15)16(17,18)19;1-21(19,20)12-3-2-10(8-11(12)13(14,15)16)18-9-4-6-17-7-5-9;;/h4-9,19,21,35H,2-3,10-18H2,1H3;4-7H,1-3,8-12H2;2-3,8-9,17-18H,4-7H2,1H3;1H;/q;-1;;;+1. The molecule has 0 radical (unpaired) electrons. The molecular weight excluding hydrogens is 1230 g/mol. The van der Waals surface area contributed by atoms with E-state index in [2.05, 4.69) is 37.6 Å². The number of piperazine rings is 2. The van der Waals surface area contributed by atoms with Crippen molar-refractivity contribution < 1.29 is 116 Å². The largest absolute Gasteiger partial charge is 1.00 e. The van der Waals surface area contributed by atoms with E-state index in [9.17, 15) is 79.1 Å². The minimum absolute atomic E-state index is 0. The molecule has 0 saturated carbocycles. The maximum absolute atomic E-state index is 13.5. The molecule has 87 heavy (non-hydrogen) atoms. The van der Waals surface area contributed by atoms with Crippen molar-refractivity contribution in [3.63, 3.8) is 0 Å². The number of halogens is 13. The van der Waals surface area contributed by atoms with Gasteiger partial charge >= 0.3 is 43.6 Å². The number of anilines is 4. The van der Waals surface area contributed by atoms with Crippen LogP contribution in [0.25, 0.3) is 0 Å². The van der Waals surface area contributed by atoms with Crippen molar-refractivity contribution in [3.05, 3.63) is 114 Å². The molecule has 4 N–H and O–H groups in total.